The smallest absolute Gasteiger partial charge is 0.252 e. The molecule has 1 aliphatic rings. The van der Waals surface area contributed by atoms with Gasteiger partial charge in [-0.25, -0.2) is 14.6 Å². The van der Waals surface area contributed by atoms with E-state index in [1.165, 1.54) is 11.0 Å². The standard InChI is InChI=1S/C17H14N6OS/c1-11-20-14(9-25-11)12-2-3-15-13(6-12)4-5-23(15)17(24)8-22-10-19-16(7-18)21-22/h2-3,6,9-10H,4-5,8H2,1H3. The summed E-state index contributed by atoms with van der Waals surface area (Å²) >= 11 is 1.63. The Labute approximate surface area is 148 Å². The number of benzene rings is 1. The minimum atomic E-state index is -0.0645. The number of rotatable bonds is 3. The molecule has 0 atom stereocenters. The van der Waals surface area contributed by atoms with Crippen LogP contribution in [0, 0.1) is 18.3 Å². The molecule has 1 aliphatic heterocycles. The number of nitriles is 1. The number of aromatic nitrogens is 4. The number of amides is 1. The predicted molar refractivity (Wildman–Crippen MR) is 93.1 cm³/mol. The molecule has 0 fully saturated rings. The largest absolute Gasteiger partial charge is 0.310 e. The van der Waals surface area contributed by atoms with Crippen molar-refractivity contribution in [3.63, 3.8) is 0 Å². The number of nitrogens with zero attached hydrogens (tertiary/aromatic N) is 6. The lowest BCUT2D eigenvalue weighted by Crippen LogP contribution is -2.32. The maximum absolute atomic E-state index is 12.6. The van der Waals surface area contributed by atoms with Crippen LogP contribution in [0.5, 0.6) is 0 Å². The first-order valence-electron chi connectivity index (χ1n) is 7.79. The van der Waals surface area contributed by atoms with Crippen molar-refractivity contribution in [2.45, 2.75) is 19.9 Å². The molecule has 0 saturated carbocycles. The van der Waals surface area contributed by atoms with Gasteiger partial charge in [-0.2, -0.15) is 5.26 Å². The van der Waals surface area contributed by atoms with Crippen molar-refractivity contribution in [2.75, 3.05) is 11.4 Å². The highest BCUT2D eigenvalue weighted by Crippen LogP contribution is 2.32. The quantitative estimate of drug-likeness (QED) is 0.722. The molecule has 0 spiro atoms. The van der Waals surface area contributed by atoms with Gasteiger partial charge >= 0.3 is 0 Å². The molecular formula is C17H14N6OS. The topological polar surface area (TPSA) is 87.7 Å². The van der Waals surface area contributed by atoms with Crippen LogP contribution in [-0.4, -0.2) is 32.2 Å². The minimum absolute atomic E-state index is 0.0645. The van der Waals surface area contributed by atoms with Gasteiger partial charge in [-0.15, -0.1) is 16.4 Å². The second-order valence-electron chi connectivity index (χ2n) is 5.77. The maximum Gasteiger partial charge on any atom is 0.252 e. The third-order valence-corrected chi connectivity index (χ3v) is 4.90. The van der Waals surface area contributed by atoms with E-state index in [1.807, 2.05) is 30.5 Å². The summed E-state index contributed by atoms with van der Waals surface area (Å²) in [7, 11) is 0. The van der Waals surface area contributed by atoms with Gasteiger partial charge in [-0.1, -0.05) is 6.07 Å². The van der Waals surface area contributed by atoms with E-state index in [-0.39, 0.29) is 18.3 Å². The molecule has 4 rings (SSSR count). The van der Waals surface area contributed by atoms with E-state index in [9.17, 15) is 4.79 Å². The van der Waals surface area contributed by atoms with Gasteiger partial charge in [0.1, 0.15) is 18.9 Å². The Bertz CT molecular complexity index is 999. The first kappa shape index (κ1) is 15.5. The lowest BCUT2D eigenvalue weighted by atomic mass is 10.1. The van der Waals surface area contributed by atoms with Crippen molar-refractivity contribution in [1.29, 1.82) is 5.26 Å². The SMILES string of the molecule is Cc1nc(-c2ccc3c(c2)CCN3C(=O)Cn2cnc(C#N)n2)cs1. The van der Waals surface area contributed by atoms with E-state index in [2.05, 4.69) is 21.1 Å². The molecule has 0 N–H and O–H groups in total. The zero-order valence-corrected chi connectivity index (χ0v) is 14.3. The van der Waals surface area contributed by atoms with Gasteiger partial charge in [0.05, 0.1) is 10.7 Å². The van der Waals surface area contributed by atoms with E-state index < -0.39 is 0 Å². The van der Waals surface area contributed by atoms with Crippen molar-refractivity contribution in [2.24, 2.45) is 0 Å². The summed E-state index contributed by atoms with van der Waals surface area (Å²) in [5.41, 5.74) is 4.13. The number of carbonyl (C=O) groups excluding carboxylic acids is 1. The average Bonchev–Trinajstić information content (AvgIpc) is 3.33. The Morgan fingerprint density at radius 3 is 3.04 bits per heavy atom. The van der Waals surface area contributed by atoms with Gasteiger partial charge in [0, 0.05) is 23.2 Å². The Morgan fingerprint density at radius 2 is 2.32 bits per heavy atom. The molecule has 1 amide bonds. The summed E-state index contributed by atoms with van der Waals surface area (Å²) in [5.74, 6) is 0.00297. The van der Waals surface area contributed by atoms with Crippen molar-refractivity contribution in [3.05, 3.63) is 46.3 Å². The molecule has 0 radical (unpaired) electrons. The Kier molecular flexibility index (Phi) is 3.78. The lowest BCUT2D eigenvalue weighted by molar-refractivity contribution is -0.119. The molecule has 2 aromatic heterocycles. The minimum Gasteiger partial charge on any atom is -0.310 e. The fraction of sp³-hybridized carbons (Fsp3) is 0.235. The third kappa shape index (κ3) is 2.90. The number of hydrogen-bond acceptors (Lipinski definition) is 6. The van der Waals surface area contributed by atoms with Crippen LogP contribution in [0.4, 0.5) is 5.69 Å². The zero-order valence-electron chi connectivity index (χ0n) is 13.5. The fourth-order valence-corrected chi connectivity index (χ4v) is 3.58. The highest BCUT2D eigenvalue weighted by molar-refractivity contribution is 7.09. The van der Waals surface area contributed by atoms with E-state index >= 15 is 0 Å². The zero-order chi connectivity index (χ0) is 17.4. The average molecular weight is 350 g/mol. The van der Waals surface area contributed by atoms with Crippen molar-refractivity contribution >= 4 is 22.9 Å². The number of fused-ring (bicyclic) bond motifs is 1. The molecule has 1 aromatic carbocycles. The normalized spacial score (nSPS) is 12.9. The van der Waals surface area contributed by atoms with Gasteiger partial charge < -0.3 is 4.90 Å². The van der Waals surface area contributed by atoms with Gasteiger partial charge in [-0.3, -0.25) is 4.79 Å². The van der Waals surface area contributed by atoms with Crippen molar-refractivity contribution in [1.82, 2.24) is 19.7 Å². The lowest BCUT2D eigenvalue weighted by Gasteiger charge is -2.17. The predicted octanol–water partition coefficient (Wildman–Crippen LogP) is 2.17. The molecule has 0 unspecified atom stereocenters. The second-order valence-corrected chi connectivity index (χ2v) is 6.83. The molecule has 0 bridgehead atoms. The monoisotopic (exact) mass is 350 g/mol. The maximum atomic E-state index is 12.6. The molecule has 0 saturated heterocycles. The number of hydrogen-bond donors (Lipinski definition) is 0. The fourth-order valence-electron chi connectivity index (χ4n) is 2.96. The Morgan fingerprint density at radius 1 is 1.44 bits per heavy atom. The van der Waals surface area contributed by atoms with Gasteiger partial charge in [0.25, 0.3) is 5.82 Å². The van der Waals surface area contributed by atoms with E-state index in [0.29, 0.717) is 6.54 Å². The first-order valence-corrected chi connectivity index (χ1v) is 8.67. The van der Waals surface area contributed by atoms with Gasteiger partial charge in [-0.05, 0) is 31.0 Å². The molecule has 124 valence electrons. The van der Waals surface area contributed by atoms with E-state index in [1.54, 1.807) is 16.2 Å². The number of carbonyl (C=O) groups is 1. The first-order chi connectivity index (χ1) is 12.1. The van der Waals surface area contributed by atoms with Crippen molar-refractivity contribution < 1.29 is 4.79 Å². The Balaban J connectivity index is 1.55. The Hall–Kier alpha value is -3.05. The summed E-state index contributed by atoms with van der Waals surface area (Å²) < 4.78 is 1.39. The molecular weight excluding hydrogens is 336 g/mol. The van der Waals surface area contributed by atoms with Crippen LogP contribution in [0.3, 0.4) is 0 Å². The highest BCUT2D eigenvalue weighted by Gasteiger charge is 2.25. The summed E-state index contributed by atoms with van der Waals surface area (Å²) in [6.07, 6.45) is 2.22. The second kappa shape index (κ2) is 6.11. The summed E-state index contributed by atoms with van der Waals surface area (Å²) in [4.78, 5) is 22.7. The van der Waals surface area contributed by atoms with Gasteiger partial charge in [0.15, 0.2) is 0 Å². The van der Waals surface area contributed by atoms with Crippen LogP contribution in [-0.2, 0) is 17.8 Å². The van der Waals surface area contributed by atoms with E-state index in [4.69, 9.17) is 5.26 Å². The van der Waals surface area contributed by atoms with Crippen LogP contribution in [0.15, 0.2) is 29.9 Å². The molecule has 8 heteroatoms. The highest BCUT2D eigenvalue weighted by atomic mass is 32.1. The number of thiazole rings is 1. The number of anilines is 1. The van der Waals surface area contributed by atoms with Crippen LogP contribution in [0.1, 0.15) is 16.4 Å². The van der Waals surface area contributed by atoms with Crippen LogP contribution < -0.4 is 4.90 Å². The molecule has 7 nitrogen and oxygen atoms in total. The molecule has 3 heterocycles. The summed E-state index contributed by atoms with van der Waals surface area (Å²) in [5, 5.41) is 15.8. The third-order valence-electron chi connectivity index (χ3n) is 4.12. The van der Waals surface area contributed by atoms with E-state index in [0.717, 1.165) is 33.9 Å². The molecule has 3 aromatic rings. The van der Waals surface area contributed by atoms with Gasteiger partial charge in [0.2, 0.25) is 5.91 Å². The molecule has 25 heavy (non-hydrogen) atoms. The van der Waals surface area contributed by atoms with Crippen LogP contribution in [0.25, 0.3) is 11.3 Å². The van der Waals surface area contributed by atoms with Crippen molar-refractivity contribution in [3.8, 4) is 17.3 Å². The summed E-state index contributed by atoms with van der Waals surface area (Å²) in [6, 6.07) is 7.95. The summed E-state index contributed by atoms with van der Waals surface area (Å²) in [6.45, 7) is 2.71. The molecule has 0 aliphatic carbocycles. The van der Waals surface area contributed by atoms with Crippen LogP contribution >= 0.6 is 11.3 Å². The number of aryl methyl sites for hydroxylation is 1. The van der Waals surface area contributed by atoms with Crippen LogP contribution in [0.2, 0.25) is 0 Å².